The molecule has 1 saturated heterocycles. The van der Waals surface area contributed by atoms with Crippen LogP contribution in [-0.2, 0) is 126 Å². The average molecular weight is 1250 g/mol. The van der Waals surface area contributed by atoms with E-state index in [0.29, 0.717) is 0 Å². The van der Waals surface area contributed by atoms with Crippen molar-refractivity contribution in [2.75, 3.05) is 6.61 Å². The summed E-state index contributed by atoms with van der Waals surface area (Å²) in [5.74, 6) is -1.38. The fraction of sp³-hybridized carbons (Fsp3) is 0.291. The van der Waals surface area contributed by atoms with Gasteiger partial charge in [-0.05, 0) is 50.1 Å². The van der Waals surface area contributed by atoms with Gasteiger partial charge in [-0.1, -0.05) is 273 Å². The third-order valence-corrected chi connectivity index (χ3v) is 16.3. The van der Waals surface area contributed by atoms with E-state index < -0.39 is 79.3 Å². The van der Waals surface area contributed by atoms with Crippen LogP contribution in [0.3, 0.4) is 0 Å². The highest BCUT2D eigenvalue weighted by atomic mass is 16.7. The van der Waals surface area contributed by atoms with Crippen LogP contribution >= 0.6 is 0 Å². The molecule has 9 atom stereocenters. The highest BCUT2D eigenvalue weighted by Crippen LogP contribution is 2.38. The van der Waals surface area contributed by atoms with E-state index in [1.165, 1.54) is 0 Å². The molecule has 0 aromatic heterocycles. The van der Waals surface area contributed by atoms with Gasteiger partial charge < -0.3 is 56.8 Å². The van der Waals surface area contributed by atoms with Crippen LogP contribution in [0, 0.1) is 0 Å². The third-order valence-electron chi connectivity index (χ3n) is 16.3. The number of esters is 2. The van der Waals surface area contributed by atoms with Gasteiger partial charge in [0.25, 0.3) is 0 Å². The van der Waals surface area contributed by atoms with Crippen LogP contribution in [-0.4, -0.2) is 85.9 Å². The van der Waals surface area contributed by atoms with Gasteiger partial charge in [-0.25, -0.2) is 0 Å². The van der Waals surface area contributed by atoms with Gasteiger partial charge in [0.15, 0.2) is 12.4 Å². The van der Waals surface area contributed by atoms with Crippen LogP contribution < -0.4 is 0 Å². The molecule has 1 saturated carbocycles. The number of carbonyl (C=O) groups is 2. The summed E-state index contributed by atoms with van der Waals surface area (Å²) in [5.41, 5.74) is 8.21. The molecule has 0 radical (unpaired) electrons. The molecule has 0 spiro atoms. The first-order chi connectivity index (χ1) is 46.0. The number of carbonyl (C=O) groups excluding carboxylic acids is 2. The molecule has 480 valence electrons. The number of hydrogen-bond donors (Lipinski definition) is 0. The predicted octanol–water partition coefficient (Wildman–Crippen LogP) is 13.9. The molecule has 2 aliphatic rings. The molecule has 14 heteroatoms. The molecule has 1 heterocycles. The van der Waals surface area contributed by atoms with E-state index in [4.69, 9.17) is 56.8 Å². The van der Waals surface area contributed by atoms with Crippen LogP contribution in [0.1, 0.15) is 62.9 Å². The largest absolute Gasteiger partial charge is 0.463 e. The van der Waals surface area contributed by atoms with Crippen molar-refractivity contribution in [3.8, 4) is 0 Å². The minimum Gasteiger partial charge on any atom is -0.463 e. The number of benzene rings is 9. The van der Waals surface area contributed by atoms with Gasteiger partial charge in [-0.3, -0.25) is 9.59 Å². The minimum atomic E-state index is -1.17. The second-order valence-corrected chi connectivity index (χ2v) is 23.1. The minimum absolute atomic E-state index is 0.124. The van der Waals surface area contributed by atoms with Crippen molar-refractivity contribution in [1.29, 1.82) is 0 Å². The lowest BCUT2D eigenvalue weighted by atomic mass is 9.83. The Hall–Kier alpha value is -8.48. The monoisotopic (exact) mass is 1250 g/mol. The zero-order valence-corrected chi connectivity index (χ0v) is 52.0. The van der Waals surface area contributed by atoms with Gasteiger partial charge in [0.05, 0.1) is 72.3 Å². The van der Waals surface area contributed by atoms with E-state index >= 15 is 0 Å². The van der Waals surface area contributed by atoms with E-state index in [2.05, 4.69) is 0 Å². The van der Waals surface area contributed by atoms with Crippen molar-refractivity contribution in [3.63, 3.8) is 0 Å². The number of rotatable bonds is 33. The molecule has 2 fully saturated rings. The zero-order valence-electron chi connectivity index (χ0n) is 52.0. The van der Waals surface area contributed by atoms with Crippen LogP contribution in [0.4, 0.5) is 0 Å². The number of ether oxygens (including phenoxy) is 12. The molecular formula is C79H80O14. The van der Waals surface area contributed by atoms with Crippen molar-refractivity contribution < 1.29 is 66.4 Å². The molecule has 11 rings (SSSR count). The Morgan fingerprint density at radius 3 is 0.742 bits per heavy atom. The van der Waals surface area contributed by atoms with Gasteiger partial charge in [0.1, 0.15) is 61.5 Å². The van der Waals surface area contributed by atoms with Gasteiger partial charge >= 0.3 is 11.9 Å². The standard InChI is InChI=1S/C79H80O14/c80-68(82-57-67-70(83-48-58-28-10-1-11-29-58)71(84-49-59-30-12-2-13-31-59)78(90-55-65-42-24-8-25-43-65)79(92-67)91-56-66-44-26-9-27-45-66)46-47-69(81)93-77-75(88-53-63-38-20-6-21-39-63)73(86-51-61-34-16-4-17-35-61)72(85-50-60-32-14-3-15-33-60)74(87-52-62-36-18-5-19-37-62)76(77)89-54-64-40-22-7-23-41-64/h1-45,67,70-79H,46-57H2/t67?,70-,71?,72-,73?,74?,75?,76?,77-,78?,79-/m1/s1. The molecule has 14 nitrogen and oxygen atoms in total. The molecule has 9 aromatic rings. The molecule has 1 aliphatic carbocycles. The Balaban J connectivity index is 0.879. The zero-order chi connectivity index (χ0) is 63.5. The summed E-state index contributed by atoms with van der Waals surface area (Å²) in [6.07, 6.45) is -11.0. The Labute approximate surface area is 545 Å². The van der Waals surface area contributed by atoms with Gasteiger partial charge in [-0.15, -0.1) is 0 Å². The molecule has 0 bridgehead atoms. The van der Waals surface area contributed by atoms with Crippen molar-refractivity contribution in [1.82, 2.24) is 0 Å². The summed E-state index contributed by atoms with van der Waals surface area (Å²) in [5, 5.41) is 0. The second-order valence-electron chi connectivity index (χ2n) is 23.1. The average Bonchev–Trinajstić information content (AvgIpc) is 0.825. The van der Waals surface area contributed by atoms with E-state index in [-0.39, 0.29) is 78.9 Å². The molecule has 0 amide bonds. The lowest BCUT2D eigenvalue weighted by molar-refractivity contribution is -0.329. The van der Waals surface area contributed by atoms with E-state index in [0.717, 1.165) is 50.1 Å². The van der Waals surface area contributed by atoms with Crippen molar-refractivity contribution in [2.24, 2.45) is 0 Å². The Bertz CT molecular complexity index is 3450. The Morgan fingerprint density at radius 2 is 0.462 bits per heavy atom. The maximum absolute atomic E-state index is 14.9. The lowest BCUT2D eigenvalue weighted by Gasteiger charge is -2.49. The molecule has 0 N–H and O–H groups in total. The van der Waals surface area contributed by atoms with Gasteiger partial charge in [0.2, 0.25) is 0 Å². The molecule has 93 heavy (non-hydrogen) atoms. The smallest absolute Gasteiger partial charge is 0.306 e. The van der Waals surface area contributed by atoms with Crippen molar-refractivity contribution in [2.45, 2.75) is 140 Å². The lowest BCUT2D eigenvalue weighted by Crippen LogP contribution is -2.67. The normalized spacial score (nSPS) is 22.0. The molecule has 9 aromatic carbocycles. The summed E-state index contributed by atoms with van der Waals surface area (Å²) in [6.45, 7) is 1.29. The maximum atomic E-state index is 14.9. The predicted molar refractivity (Wildman–Crippen MR) is 350 cm³/mol. The highest BCUT2D eigenvalue weighted by Gasteiger charge is 2.56. The fourth-order valence-corrected chi connectivity index (χ4v) is 11.5. The van der Waals surface area contributed by atoms with Crippen LogP contribution in [0.25, 0.3) is 0 Å². The maximum Gasteiger partial charge on any atom is 0.306 e. The van der Waals surface area contributed by atoms with Gasteiger partial charge in [0, 0.05) is 0 Å². The molecule has 7 unspecified atom stereocenters. The first-order valence-corrected chi connectivity index (χ1v) is 31.9. The summed E-state index contributed by atoms with van der Waals surface area (Å²) < 4.78 is 82.2. The van der Waals surface area contributed by atoms with Gasteiger partial charge in [-0.2, -0.15) is 0 Å². The quantitative estimate of drug-likeness (QED) is 0.0360. The SMILES string of the molecule is O=C(CCC(=O)O[C@H]1C(OCc2ccccc2)C(OCc2ccccc2)[C@H](OCc2ccccc2)C(OCc2ccccc2)C1OCc1ccccc1)OCC1O[C@@H](OCc2ccccc2)C(OCc2ccccc2)C(OCc2ccccc2)[C@@H]1OCc1ccccc1. The third kappa shape index (κ3) is 20.0. The van der Waals surface area contributed by atoms with E-state index in [1.807, 2.05) is 273 Å². The molecular weight excluding hydrogens is 1170 g/mol. The fourth-order valence-electron chi connectivity index (χ4n) is 11.5. The summed E-state index contributed by atoms with van der Waals surface area (Å²) in [7, 11) is 0. The molecule has 1 aliphatic heterocycles. The Morgan fingerprint density at radius 1 is 0.247 bits per heavy atom. The van der Waals surface area contributed by atoms with Crippen molar-refractivity contribution >= 4 is 11.9 Å². The van der Waals surface area contributed by atoms with E-state index in [9.17, 15) is 9.59 Å². The van der Waals surface area contributed by atoms with E-state index in [1.54, 1.807) is 0 Å². The number of hydrogen-bond acceptors (Lipinski definition) is 14. The van der Waals surface area contributed by atoms with Crippen LogP contribution in [0.5, 0.6) is 0 Å². The first-order valence-electron chi connectivity index (χ1n) is 31.9. The summed E-state index contributed by atoms with van der Waals surface area (Å²) in [4.78, 5) is 29.3. The summed E-state index contributed by atoms with van der Waals surface area (Å²) >= 11 is 0. The van der Waals surface area contributed by atoms with Crippen LogP contribution in [0.2, 0.25) is 0 Å². The van der Waals surface area contributed by atoms with Crippen molar-refractivity contribution in [3.05, 3.63) is 323 Å². The second kappa shape index (κ2) is 35.5. The van der Waals surface area contributed by atoms with Crippen LogP contribution in [0.15, 0.2) is 273 Å². The topological polar surface area (TPSA) is 145 Å². The first kappa shape index (κ1) is 66.0. The highest BCUT2D eigenvalue weighted by molar-refractivity contribution is 5.77. The summed E-state index contributed by atoms with van der Waals surface area (Å²) in [6, 6.07) is 88.4. The Kier molecular flexibility index (Phi) is 25.2.